The highest BCUT2D eigenvalue weighted by Crippen LogP contribution is 2.33. The number of esters is 1. The van der Waals surface area contributed by atoms with Crippen molar-refractivity contribution >= 4 is 11.9 Å². The Bertz CT molecular complexity index is 1030. The molecule has 1 fully saturated rings. The molecule has 1 amide bonds. The van der Waals surface area contributed by atoms with Crippen LogP contribution in [-0.4, -0.2) is 53.4 Å². The number of carbonyl (C=O) groups excluding carboxylic acids is 2. The van der Waals surface area contributed by atoms with Crippen molar-refractivity contribution in [1.82, 2.24) is 20.0 Å². The van der Waals surface area contributed by atoms with Crippen molar-refractivity contribution in [2.45, 2.75) is 51.7 Å². The van der Waals surface area contributed by atoms with E-state index < -0.39 is 0 Å². The number of methoxy groups -OCH3 is 1. The van der Waals surface area contributed by atoms with E-state index in [-0.39, 0.29) is 24.8 Å². The minimum Gasteiger partial charge on any atom is -0.493 e. The van der Waals surface area contributed by atoms with Crippen LogP contribution in [0.15, 0.2) is 18.2 Å². The molecule has 1 aromatic carbocycles. The van der Waals surface area contributed by atoms with Crippen LogP contribution in [0, 0.1) is 5.92 Å². The van der Waals surface area contributed by atoms with E-state index in [0.29, 0.717) is 18.2 Å². The van der Waals surface area contributed by atoms with Gasteiger partial charge in [-0.25, -0.2) is 0 Å². The fraction of sp³-hybridized carbons (Fsp3) is 0.542. The smallest absolute Gasteiger partial charge is 0.307 e. The molecule has 8 nitrogen and oxygen atoms in total. The van der Waals surface area contributed by atoms with E-state index in [4.69, 9.17) is 9.84 Å². The second-order valence-corrected chi connectivity index (χ2v) is 8.98. The van der Waals surface area contributed by atoms with Crippen molar-refractivity contribution in [1.29, 1.82) is 0 Å². The molecule has 1 aliphatic carbocycles. The van der Waals surface area contributed by atoms with Gasteiger partial charge < -0.3 is 14.8 Å². The number of nitrogens with zero attached hydrogens (tertiary/aromatic N) is 3. The number of ether oxygens (including phenoxy) is 2. The molecule has 8 heteroatoms. The fourth-order valence-electron chi connectivity index (χ4n) is 4.62. The molecule has 2 aromatic rings. The van der Waals surface area contributed by atoms with Crippen molar-refractivity contribution in [3.05, 3.63) is 46.3 Å². The number of hydrogen-bond acceptors (Lipinski definition) is 6. The SMILES string of the molecule is COC(=O)CCNC(=O)c1nn(CC2CC2)c2c1CN(Cc1ccc3c(c1)CCO3)CC2. The Hall–Kier alpha value is -2.87. The number of nitrogens with one attached hydrogen (secondary N) is 1. The van der Waals surface area contributed by atoms with E-state index in [2.05, 4.69) is 37.8 Å². The lowest BCUT2D eigenvalue weighted by atomic mass is 10.0. The molecule has 1 N–H and O–H groups in total. The average molecular weight is 439 g/mol. The summed E-state index contributed by atoms with van der Waals surface area (Å²) >= 11 is 0. The van der Waals surface area contributed by atoms with Gasteiger partial charge in [-0.05, 0) is 36.0 Å². The van der Waals surface area contributed by atoms with Crippen molar-refractivity contribution in [2.24, 2.45) is 5.92 Å². The first-order chi connectivity index (χ1) is 15.6. The van der Waals surface area contributed by atoms with Crippen LogP contribution in [0.5, 0.6) is 5.75 Å². The van der Waals surface area contributed by atoms with Gasteiger partial charge in [0.15, 0.2) is 5.69 Å². The van der Waals surface area contributed by atoms with E-state index in [1.165, 1.54) is 36.8 Å². The number of carbonyl (C=O) groups is 2. The van der Waals surface area contributed by atoms with Gasteiger partial charge in [0, 0.05) is 56.8 Å². The summed E-state index contributed by atoms with van der Waals surface area (Å²) in [7, 11) is 1.35. The van der Waals surface area contributed by atoms with Crippen molar-refractivity contribution in [3.63, 3.8) is 0 Å². The number of aromatic nitrogens is 2. The molecule has 3 heterocycles. The quantitative estimate of drug-likeness (QED) is 0.635. The summed E-state index contributed by atoms with van der Waals surface area (Å²) in [6.45, 7) is 4.39. The molecule has 3 aliphatic rings. The zero-order valence-corrected chi connectivity index (χ0v) is 18.6. The maximum absolute atomic E-state index is 12.9. The van der Waals surface area contributed by atoms with Crippen LogP contribution in [-0.2, 0) is 42.0 Å². The van der Waals surface area contributed by atoms with E-state index >= 15 is 0 Å². The highest BCUT2D eigenvalue weighted by molar-refractivity contribution is 5.94. The summed E-state index contributed by atoms with van der Waals surface area (Å²) in [5.41, 5.74) is 5.26. The average Bonchev–Trinajstić information content (AvgIpc) is 3.37. The Morgan fingerprint density at radius 2 is 2.16 bits per heavy atom. The van der Waals surface area contributed by atoms with Crippen LogP contribution in [0.25, 0.3) is 0 Å². The van der Waals surface area contributed by atoms with Gasteiger partial charge >= 0.3 is 5.97 Å². The molecular formula is C24H30N4O4. The first-order valence-electron chi connectivity index (χ1n) is 11.5. The first-order valence-corrected chi connectivity index (χ1v) is 11.5. The molecule has 32 heavy (non-hydrogen) atoms. The molecule has 0 atom stereocenters. The Labute approximate surface area is 187 Å². The maximum Gasteiger partial charge on any atom is 0.307 e. The van der Waals surface area contributed by atoms with E-state index in [0.717, 1.165) is 50.4 Å². The second-order valence-electron chi connectivity index (χ2n) is 8.98. The summed E-state index contributed by atoms with van der Waals surface area (Å²) in [5, 5.41) is 7.57. The summed E-state index contributed by atoms with van der Waals surface area (Å²) in [6.07, 6.45) is 4.49. The van der Waals surface area contributed by atoms with E-state index in [1.54, 1.807) is 0 Å². The third-order valence-corrected chi connectivity index (χ3v) is 6.56. The lowest BCUT2D eigenvalue weighted by Crippen LogP contribution is -2.33. The fourth-order valence-corrected chi connectivity index (χ4v) is 4.62. The van der Waals surface area contributed by atoms with Crippen molar-refractivity contribution in [2.75, 3.05) is 26.8 Å². The Morgan fingerprint density at radius 1 is 1.28 bits per heavy atom. The largest absolute Gasteiger partial charge is 0.493 e. The predicted octanol–water partition coefficient (Wildman–Crippen LogP) is 2.08. The molecule has 2 aliphatic heterocycles. The lowest BCUT2D eigenvalue weighted by Gasteiger charge is -2.28. The third-order valence-electron chi connectivity index (χ3n) is 6.56. The number of rotatable bonds is 8. The number of benzene rings is 1. The van der Waals surface area contributed by atoms with Crippen LogP contribution in [0.2, 0.25) is 0 Å². The maximum atomic E-state index is 12.9. The molecule has 5 rings (SSSR count). The van der Waals surface area contributed by atoms with Crippen LogP contribution in [0.1, 0.15) is 52.1 Å². The van der Waals surface area contributed by atoms with Gasteiger partial charge in [0.25, 0.3) is 5.91 Å². The molecule has 0 unspecified atom stereocenters. The third kappa shape index (κ3) is 4.50. The van der Waals surface area contributed by atoms with Crippen LogP contribution in [0.3, 0.4) is 0 Å². The lowest BCUT2D eigenvalue weighted by molar-refractivity contribution is -0.140. The van der Waals surface area contributed by atoms with E-state index in [9.17, 15) is 9.59 Å². The topological polar surface area (TPSA) is 85.7 Å². The van der Waals surface area contributed by atoms with Crippen LogP contribution < -0.4 is 10.1 Å². The second kappa shape index (κ2) is 8.94. The molecular weight excluding hydrogens is 408 g/mol. The van der Waals surface area contributed by atoms with Gasteiger partial charge in [0.2, 0.25) is 0 Å². The summed E-state index contributed by atoms with van der Waals surface area (Å²) in [5.74, 6) is 1.14. The number of amides is 1. The van der Waals surface area contributed by atoms with Gasteiger partial charge in [0.1, 0.15) is 5.75 Å². The first kappa shape index (κ1) is 21.0. The molecule has 0 bridgehead atoms. The molecule has 170 valence electrons. The Balaban J connectivity index is 1.31. The highest BCUT2D eigenvalue weighted by Gasteiger charge is 2.31. The summed E-state index contributed by atoms with van der Waals surface area (Å²) in [4.78, 5) is 26.7. The highest BCUT2D eigenvalue weighted by atomic mass is 16.5. The molecule has 0 saturated heterocycles. The van der Waals surface area contributed by atoms with Gasteiger partial charge in [-0.2, -0.15) is 5.10 Å². The zero-order chi connectivity index (χ0) is 22.1. The Kier molecular flexibility index (Phi) is 5.87. The molecule has 0 spiro atoms. The predicted molar refractivity (Wildman–Crippen MR) is 117 cm³/mol. The van der Waals surface area contributed by atoms with Gasteiger partial charge in [0.05, 0.1) is 20.1 Å². The zero-order valence-electron chi connectivity index (χ0n) is 18.6. The normalized spacial score (nSPS) is 17.4. The van der Waals surface area contributed by atoms with Crippen molar-refractivity contribution < 1.29 is 19.1 Å². The Morgan fingerprint density at radius 3 is 2.97 bits per heavy atom. The minimum atomic E-state index is -0.336. The van der Waals surface area contributed by atoms with Gasteiger partial charge in [-0.15, -0.1) is 0 Å². The van der Waals surface area contributed by atoms with Crippen LogP contribution in [0.4, 0.5) is 0 Å². The summed E-state index contributed by atoms with van der Waals surface area (Å²) in [6, 6.07) is 6.45. The monoisotopic (exact) mass is 438 g/mol. The van der Waals surface area contributed by atoms with Gasteiger partial charge in [-0.3, -0.25) is 19.2 Å². The van der Waals surface area contributed by atoms with Crippen LogP contribution >= 0.6 is 0 Å². The number of fused-ring (bicyclic) bond motifs is 2. The van der Waals surface area contributed by atoms with Crippen molar-refractivity contribution in [3.8, 4) is 5.75 Å². The minimum absolute atomic E-state index is 0.154. The van der Waals surface area contributed by atoms with Gasteiger partial charge in [-0.1, -0.05) is 12.1 Å². The number of hydrogen-bond donors (Lipinski definition) is 1. The standard InChI is InChI=1S/C24H30N4O4/c1-31-22(29)6-9-25-24(30)23-19-15-27(10-7-20(19)28(26-23)14-16-2-3-16)13-17-4-5-21-18(12-17)8-11-32-21/h4-5,12,16H,2-3,6-11,13-15H2,1H3,(H,25,30). The molecule has 1 saturated carbocycles. The molecule has 1 aromatic heterocycles. The summed E-state index contributed by atoms with van der Waals surface area (Å²) < 4.78 is 12.3. The van der Waals surface area contributed by atoms with E-state index in [1.807, 2.05) is 0 Å². The molecule has 0 radical (unpaired) electrons.